The summed E-state index contributed by atoms with van der Waals surface area (Å²) in [6, 6.07) is 15.0. The van der Waals surface area contributed by atoms with Crippen molar-refractivity contribution in [1.82, 2.24) is 5.32 Å². The van der Waals surface area contributed by atoms with E-state index in [1.165, 1.54) is 0 Å². The molecule has 0 aromatic heterocycles. The van der Waals surface area contributed by atoms with Crippen LogP contribution in [0.3, 0.4) is 0 Å². The maximum atomic E-state index is 13.8. The van der Waals surface area contributed by atoms with Gasteiger partial charge in [0.2, 0.25) is 0 Å². The van der Waals surface area contributed by atoms with Crippen LogP contribution in [0.2, 0.25) is 15.1 Å². The van der Waals surface area contributed by atoms with Gasteiger partial charge in [-0.05, 0) is 74.8 Å². The Morgan fingerprint density at radius 1 is 0.947 bits per heavy atom. The van der Waals surface area contributed by atoms with Crippen LogP contribution in [0.5, 0.6) is 17.2 Å². The number of hydrogen-bond donors (Lipinski definition) is 2. The van der Waals surface area contributed by atoms with E-state index in [9.17, 15) is 14.7 Å². The van der Waals surface area contributed by atoms with Gasteiger partial charge in [0.05, 0.1) is 28.3 Å². The topological polar surface area (TPSA) is 88.1 Å². The highest BCUT2D eigenvalue weighted by Gasteiger charge is 2.30. The minimum absolute atomic E-state index is 0.0396. The number of fused-ring (bicyclic) bond motifs is 1. The third-order valence-electron chi connectivity index (χ3n) is 6.79. The first-order valence-corrected chi connectivity index (χ1v) is 13.4. The number of carbonyl (C=O) groups excluding carboxylic acids is 1. The van der Waals surface area contributed by atoms with Gasteiger partial charge in [0.1, 0.15) is 17.2 Å². The Hall–Kier alpha value is -2.97. The van der Waals surface area contributed by atoms with Gasteiger partial charge in [-0.15, -0.1) is 0 Å². The average molecular weight is 576 g/mol. The van der Waals surface area contributed by atoms with Crippen LogP contribution in [-0.4, -0.2) is 42.7 Å². The number of halogens is 3. The van der Waals surface area contributed by atoms with E-state index >= 15 is 0 Å². The van der Waals surface area contributed by atoms with Gasteiger partial charge in [0, 0.05) is 28.3 Å². The summed E-state index contributed by atoms with van der Waals surface area (Å²) >= 11 is 19.2. The molecule has 198 valence electrons. The molecule has 1 fully saturated rings. The number of anilines is 1. The van der Waals surface area contributed by atoms with Crippen molar-refractivity contribution >= 4 is 52.4 Å². The molecule has 2 aliphatic rings. The number of carboxylic acids is 1. The molecule has 2 aliphatic heterocycles. The number of benzene rings is 3. The smallest absolute Gasteiger partial charge is 0.311 e. The zero-order valence-corrected chi connectivity index (χ0v) is 22.5. The summed E-state index contributed by atoms with van der Waals surface area (Å²) in [5.41, 5.74) is 1.60. The van der Waals surface area contributed by atoms with Crippen molar-refractivity contribution in [2.24, 2.45) is 0 Å². The lowest BCUT2D eigenvalue weighted by Crippen LogP contribution is -2.46. The first kappa shape index (κ1) is 26.6. The average Bonchev–Trinajstić information content (AvgIpc) is 2.91. The Labute approximate surface area is 235 Å². The summed E-state index contributed by atoms with van der Waals surface area (Å²) in [6.07, 6.45) is 1.98. The van der Waals surface area contributed by atoms with Crippen molar-refractivity contribution < 1.29 is 24.2 Å². The van der Waals surface area contributed by atoms with E-state index < -0.39 is 11.9 Å². The molecule has 5 rings (SSSR count). The molecule has 3 aromatic carbocycles. The second kappa shape index (κ2) is 11.4. The summed E-state index contributed by atoms with van der Waals surface area (Å²) in [4.78, 5) is 27.1. The van der Waals surface area contributed by atoms with Crippen molar-refractivity contribution in [1.29, 1.82) is 0 Å². The Morgan fingerprint density at radius 2 is 1.74 bits per heavy atom. The first-order chi connectivity index (χ1) is 18.3. The van der Waals surface area contributed by atoms with Crippen LogP contribution in [0.15, 0.2) is 54.6 Å². The summed E-state index contributed by atoms with van der Waals surface area (Å²) < 4.78 is 11.6. The number of aliphatic carboxylic acids is 1. The van der Waals surface area contributed by atoms with E-state index in [2.05, 4.69) is 5.32 Å². The lowest BCUT2D eigenvalue weighted by Gasteiger charge is -2.35. The predicted molar refractivity (Wildman–Crippen MR) is 148 cm³/mol. The van der Waals surface area contributed by atoms with Gasteiger partial charge in [-0.2, -0.15) is 0 Å². The molecule has 0 radical (unpaired) electrons. The van der Waals surface area contributed by atoms with E-state index in [1.807, 2.05) is 0 Å². The van der Waals surface area contributed by atoms with Crippen LogP contribution in [0.25, 0.3) is 0 Å². The minimum atomic E-state index is -0.884. The van der Waals surface area contributed by atoms with E-state index in [-0.39, 0.29) is 17.0 Å². The van der Waals surface area contributed by atoms with E-state index in [0.717, 1.165) is 25.9 Å². The van der Waals surface area contributed by atoms with Gasteiger partial charge in [-0.25, -0.2) is 0 Å². The van der Waals surface area contributed by atoms with Gasteiger partial charge >= 0.3 is 5.97 Å². The van der Waals surface area contributed by atoms with Gasteiger partial charge < -0.3 is 24.8 Å². The van der Waals surface area contributed by atoms with Gasteiger partial charge in [0.25, 0.3) is 5.91 Å². The molecule has 1 unspecified atom stereocenters. The summed E-state index contributed by atoms with van der Waals surface area (Å²) in [7, 11) is 0. The van der Waals surface area contributed by atoms with E-state index in [4.69, 9.17) is 44.3 Å². The van der Waals surface area contributed by atoms with Gasteiger partial charge in [-0.3, -0.25) is 9.59 Å². The lowest BCUT2D eigenvalue weighted by atomic mass is 9.93. The van der Waals surface area contributed by atoms with Crippen molar-refractivity contribution in [3.8, 4) is 17.2 Å². The van der Waals surface area contributed by atoms with Crippen molar-refractivity contribution in [3.05, 3.63) is 80.8 Å². The number of carbonyl (C=O) groups is 2. The van der Waals surface area contributed by atoms with Crippen LogP contribution < -0.4 is 19.7 Å². The Bertz CT molecular complexity index is 1380. The van der Waals surface area contributed by atoms with Gasteiger partial charge in [0.15, 0.2) is 0 Å². The number of amides is 1. The Morgan fingerprint density at radius 3 is 2.45 bits per heavy atom. The molecule has 2 heterocycles. The Balaban J connectivity index is 1.40. The number of piperidine rings is 1. The molecule has 0 saturated carbocycles. The highest BCUT2D eigenvalue weighted by molar-refractivity contribution is 6.37. The first-order valence-electron chi connectivity index (χ1n) is 12.3. The third kappa shape index (κ3) is 5.57. The van der Waals surface area contributed by atoms with Crippen molar-refractivity contribution in [2.45, 2.75) is 31.2 Å². The molecule has 1 atom stereocenters. The molecule has 1 amide bonds. The highest BCUT2D eigenvalue weighted by atomic mass is 35.5. The van der Waals surface area contributed by atoms with Crippen LogP contribution in [0.4, 0.5) is 5.69 Å². The quantitative estimate of drug-likeness (QED) is 0.337. The molecule has 7 nitrogen and oxygen atoms in total. The molecule has 1 saturated heterocycles. The zero-order chi connectivity index (χ0) is 26.8. The van der Waals surface area contributed by atoms with Gasteiger partial charge in [-0.1, -0.05) is 40.9 Å². The number of carboxylic acid groups (broad SMARTS) is 1. The van der Waals surface area contributed by atoms with Crippen molar-refractivity contribution in [2.75, 3.05) is 24.6 Å². The monoisotopic (exact) mass is 574 g/mol. The number of ether oxygens (including phenoxy) is 2. The van der Waals surface area contributed by atoms with Crippen LogP contribution in [0.1, 0.15) is 41.1 Å². The second-order valence-corrected chi connectivity index (χ2v) is 10.5. The lowest BCUT2D eigenvalue weighted by molar-refractivity contribution is -0.139. The molecule has 3 aromatic rings. The fraction of sp³-hybridized carbons (Fsp3) is 0.286. The molecular formula is C28H25Cl3N2O5. The molecule has 0 aliphatic carbocycles. The standard InChI is InChI=1S/C28H25Cl3N2O5/c29-17-2-5-24(22(30)14-17)33(18-7-10-32-11-8-18)27(34)16-1-6-25(23(31)13-16)38-19-3-4-20-21(28(35)36)9-12-37-26(20)15-19/h1-6,13-15,18,21,32H,7-12H2,(H,35,36). The number of nitrogens with one attached hydrogen (secondary N) is 1. The minimum Gasteiger partial charge on any atom is -0.493 e. The Kier molecular flexibility index (Phi) is 8.00. The predicted octanol–water partition coefficient (Wildman–Crippen LogP) is 6.79. The molecular weight excluding hydrogens is 551 g/mol. The highest BCUT2D eigenvalue weighted by Crippen LogP contribution is 2.39. The summed E-state index contributed by atoms with van der Waals surface area (Å²) in [5, 5.41) is 13.9. The normalized spacial score (nSPS) is 17.3. The zero-order valence-electron chi connectivity index (χ0n) is 20.3. The number of hydrogen-bond acceptors (Lipinski definition) is 5. The third-order valence-corrected chi connectivity index (χ3v) is 7.62. The SMILES string of the molecule is O=C(O)C1CCOc2cc(Oc3ccc(C(=O)N(c4ccc(Cl)cc4Cl)C4CCNCC4)cc3Cl)ccc21. The second-order valence-electron chi connectivity index (χ2n) is 9.23. The summed E-state index contributed by atoms with van der Waals surface area (Å²) in [6.45, 7) is 1.91. The van der Waals surface area contributed by atoms with Crippen LogP contribution >= 0.6 is 34.8 Å². The molecule has 10 heteroatoms. The van der Waals surface area contributed by atoms with E-state index in [1.54, 1.807) is 59.5 Å². The van der Waals surface area contributed by atoms with Crippen LogP contribution in [-0.2, 0) is 4.79 Å². The fourth-order valence-electron chi connectivity index (χ4n) is 4.89. The molecule has 2 N–H and O–H groups in total. The van der Waals surface area contributed by atoms with E-state index in [0.29, 0.717) is 57.1 Å². The van der Waals surface area contributed by atoms with Crippen molar-refractivity contribution in [3.63, 3.8) is 0 Å². The fourth-order valence-corrected chi connectivity index (χ4v) is 5.60. The molecule has 0 spiro atoms. The summed E-state index contributed by atoms with van der Waals surface area (Å²) in [5.74, 6) is -0.451. The maximum absolute atomic E-state index is 13.8. The van der Waals surface area contributed by atoms with Crippen LogP contribution in [0, 0.1) is 0 Å². The number of rotatable bonds is 6. The molecule has 0 bridgehead atoms. The maximum Gasteiger partial charge on any atom is 0.311 e. The largest absolute Gasteiger partial charge is 0.493 e. The number of nitrogens with zero attached hydrogens (tertiary/aromatic N) is 1. The molecule has 38 heavy (non-hydrogen) atoms.